The minimum Gasteiger partial charge on any atom is -0.456 e. The van der Waals surface area contributed by atoms with E-state index in [1.54, 1.807) is 0 Å². The summed E-state index contributed by atoms with van der Waals surface area (Å²) in [6.45, 7) is 28.1. The smallest absolute Gasteiger partial charge is 0.139 e. The van der Waals surface area contributed by atoms with Crippen LogP contribution in [0.1, 0.15) is 128 Å². The van der Waals surface area contributed by atoms with Gasteiger partial charge >= 0.3 is 0 Å². The van der Waals surface area contributed by atoms with Gasteiger partial charge in [0.1, 0.15) is 11.2 Å². The van der Waals surface area contributed by atoms with Crippen molar-refractivity contribution in [3.8, 4) is 33.4 Å². The number of nitrogens with zero attached hydrogens (tertiary/aromatic N) is 1. The monoisotopic (exact) mass is 795 g/mol. The third-order valence-electron chi connectivity index (χ3n) is 14.9. The number of hydrogen-bond acceptors (Lipinski definition) is 2. The van der Waals surface area contributed by atoms with Crippen molar-refractivity contribution in [3.63, 3.8) is 0 Å². The zero-order valence-corrected chi connectivity index (χ0v) is 38.0. The lowest BCUT2D eigenvalue weighted by atomic mass is 9.79. The summed E-state index contributed by atoms with van der Waals surface area (Å²) in [7, 11) is 0. The molecule has 8 aromatic rings. The van der Waals surface area contributed by atoms with Crippen molar-refractivity contribution in [2.75, 3.05) is 4.90 Å². The molecule has 0 N–H and O–H groups in total. The molecule has 0 saturated carbocycles. The SMILES string of the molecule is CC(C)(C)c1cc(C(C)(C)C)c2oc3cc4c(cc3c2c1)-c1cc(N(c2ccc3c(c2)C(C)(C)c2ccccc2-3)c2cccc3c2-c2ccccc2C3(C)C)ccc1C4(C)C. The second kappa shape index (κ2) is 12.2. The third kappa shape index (κ3) is 5.21. The first-order valence-corrected chi connectivity index (χ1v) is 22.3. The van der Waals surface area contributed by atoms with Crippen LogP contribution in [0.15, 0.2) is 132 Å². The fraction of sp³-hybridized carbons (Fsp3) is 0.288. The lowest BCUT2D eigenvalue weighted by Crippen LogP contribution is -2.18. The first kappa shape index (κ1) is 38.1. The molecule has 3 aliphatic rings. The summed E-state index contributed by atoms with van der Waals surface area (Å²) in [4.78, 5) is 2.55. The zero-order chi connectivity index (χ0) is 42.8. The molecule has 7 aromatic carbocycles. The van der Waals surface area contributed by atoms with Crippen molar-refractivity contribution in [1.29, 1.82) is 0 Å². The molecule has 3 aliphatic carbocycles. The molecule has 0 amide bonds. The van der Waals surface area contributed by atoms with Crippen LogP contribution >= 0.6 is 0 Å². The van der Waals surface area contributed by atoms with Gasteiger partial charge in [0.25, 0.3) is 0 Å². The minimum absolute atomic E-state index is 0.00433. The molecule has 0 unspecified atom stereocenters. The second-order valence-corrected chi connectivity index (χ2v) is 21.9. The van der Waals surface area contributed by atoms with Crippen molar-refractivity contribution in [1.82, 2.24) is 0 Å². The normalized spacial score (nSPS) is 16.3. The Morgan fingerprint density at radius 2 is 0.984 bits per heavy atom. The summed E-state index contributed by atoms with van der Waals surface area (Å²) in [5.41, 5.74) is 23.7. The van der Waals surface area contributed by atoms with E-state index in [2.05, 4.69) is 215 Å². The highest BCUT2D eigenvalue weighted by molar-refractivity contribution is 6.09. The first-order valence-electron chi connectivity index (χ1n) is 22.3. The Labute approximate surface area is 362 Å². The van der Waals surface area contributed by atoms with Crippen LogP contribution in [0.3, 0.4) is 0 Å². The predicted molar refractivity (Wildman–Crippen MR) is 258 cm³/mol. The second-order valence-electron chi connectivity index (χ2n) is 21.9. The number of hydrogen-bond donors (Lipinski definition) is 0. The molecule has 61 heavy (non-hydrogen) atoms. The van der Waals surface area contributed by atoms with E-state index in [1.807, 2.05) is 0 Å². The Morgan fingerprint density at radius 3 is 1.69 bits per heavy atom. The van der Waals surface area contributed by atoms with Gasteiger partial charge < -0.3 is 9.32 Å². The first-order chi connectivity index (χ1) is 28.8. The van der Waals surface area contributed by atoms with Gasteiger partial charge in [-0.25, -0.2) is 0 Å². The number of rotatable bonds is 3. The van der Waals surface area contributed by atoms with E-state index in [0.717, 1.165) is 16.9 Å². The van der Waals surface area contributed by atoms with Gasteiger partial charge in [0, 0.05) is 49.5 Å². The fourth-order valence-electron chi connectivity index (χ4n) is 11.4. The molecule has 2 heteroatoms. The number of benzene rings is 7. The van der Waals surface area contributed by atoms with Crippen LogP contribution < -0.4 is 4.90 Å². The van der Waals surface area contributed by atoms with Gasteiger partial charge in [0.15, 0.2) is 0 Å². The molecule has 0 fully saturated rings. The van der Waals surface area contributed by atoms with Gasteiger partial charge in [0.2, 0.25) is 0 Å². The van der Waals surface area contributed by atoms with Crippen molar-refractivity contribution >= 4 is 39.0 Å². The fourth-order valence-corrected chi connectivity index (χ4v) is 11.4. The molecular weight excluding hydrogens is 739 g/mol. The Kier molecular flexibility index (Phi) is 7.59. The van der Waals surface area contributed by atoms with Gasteiger partial charge in [-0.15, -0.1) is 0 Å². The summed E-state index contributed by atoms with van der Waals surface area (Å²) in [6, 6.07) is 49.0. The lowest BCUT2D eigenvalue weighted by Gasteiger charge is -2.31. The Hall–Kier alpha value is -5.86. The van der Waals surface area contributed by atoms with Gasteiger partial charge in [-0.1, -0.05) is 162 Å². The maximum Gasteiger partial charge on any atom is 0.139 e. The molecule has 11 rings (SSSR count). The van der Waals surface area contributed by atoms with E-state index in [1.165, 1.54) is 100 Å². The average molecular weight is 796 g/mol. The van der Waals surface area contributed by atoms with Crippen LogP contribution in [-0.4, -0.2) is 0 Å². The maximum atomic E-state index is 6.93. The Morgan fingerprint density at radius 1 is 0.426 bits per heavy atom. The minimum atomic E-state index is -0.203. The largest absolute Gasteiger partial charge is 0.456 e. The summed E-state index contributed by atoms with van der Waals surface area (Å²) >= 11 is 0. The average Bonchev–Trinajstić information content (AvgIpc) is 3.85. The van der Waals surface area contributed by atoms with Crippen molar-refractivity contribution < 1.29 is 4.42 Å². The van der Waals surface area contributed by atoms with E-state index in [9.17, 15) is 0 Å². The van der Waals surface area contributed by atoms with E-state index in [4.69, 9.17) is 4.42 Å². The van der Waals surface area contributed by atoms with Crippen LogP contribution in [-0.2, 0) is 27.1 Å². The summed E-state index contributed by atoms with van der Waals surface area (Å²) in [5, 5.41) is 2.40. The number of fused-ring (bicyclic) bond motifs is 12. The predicted octanol–water partition coefficient (Wildman–Crippen LogP) is 16.6. The highest BCUT2D eigenvalue weighted by Gasteiger charge is 2.41. The standard InChI is InChI=1S/C59H57NO/c1-55(2,3)34-28-43-42-32-41-40-30-35(25-27-46(40)59(11,12)49(41)33-52(42)61-54(43)50(29-34)56(4,5)6)60(36-24-26-38-37-18-13-15-20-44(37)58(9,10)48(38)31-36)51-23-17-22-47-53(51)39-19-14-16-21-45(39)57(47,7)8/h13-33H,1-12H3. The summed E-state index contributed by atoms with van der Waals surface area (Å²) < 4.78 is 6.93. The third-order valence-corrected chi connectivity index (χ3v) is 14.9. The van der Waals surface area contributed by atoms with Crippen LogP contribution in [0, 0.1) is 0 Å². The van der Waals surface area contributed by atoms with Gasteiger partial charge in [-0.2, -0.15) is 0 Å². The quantitative estimate of drug-likeness (QED) is 0.177. The van der Waals surface area contributed by atoms with Gasteiger partial charge in [-0.3, -0.25) is 0 Å². The molecule has 0 radical (unpaired) electrons. The molecule has 304 valence electrons. The maximum absolute atomic E-state index is 6.93. The number of anilines is 3. The molecule has 1 aromatic heterocycles. The van der Waals surface area contributed by atoms with Crippen LogP contribution in [0.25, 0.3) is 55.3 Å². The summed E-state index contributed by atoms with van der Waals surface area (Å²) in [6.07, 6.45) is 0. The molecule has 0 bridgehead atoms. The topological polar surface area (TPSA) is 16.4 Å². The molecule has 0 aliphatic heterocycles. The van der Waals surface area contributed by atoms with Crippen LogP contribution in [0.5, 0.6) is 0 Å². The van der Waals surface area contributed by atoms with E-state index in [-0.39, 0.29) is 27.1 Å². The molecule has 0 atom stereocenters. The van der Waals surface area contributed by atoms with Crippen LogP contribution in [0.2, 0.25) is 0 Å². The highest BCUT2D eigenvalue weighted by Crippen LogP contribution is 2.58. The van der Waals surface area contributed by atoms with E-state index in [0.29, 0.717) is 0 Å². The molecule has 2 nitrogen and oxygen atoms in total. The number of furan rings is 1. The van der Waals surface area contributed by atoms with Crippen molar-refractivity contribution in [2.45, 2.75) is 110 Å². The highest BCUT2D eigenvalue weighted by atomic mass is 16.3. The van der Waals surface area contributed by atoms with Gasteiger partial charge in [-0.05, 0) is 126 Å². The van der Waals surface area contributed by atoms with Crippen molar-refractivity contribution in [2.24, 2.45) is 0 Å². The molecule has 0 spiro atoms. The van der Waals surface area contributed by atoms with Crippen LogP contribution in [0.4, 0.5) is 17.1 Å². The molecular formula is C59H57NO. The lowest BCUT2D eigenvalue weighted by molar-refractivity contribution is 0.559. The van der Waals surface area contributed by atoms with E-state index >= 15 is 0 Å². The molecule has 0 saturated heterocycles. The zero-order valence-electron chi connectivity index (χ0n) is 38.0. The molecule has 1 heterocycles. The Bertz CT molecular complexity index is 3190. The van der Waals surface area contributed by atoms with Crippen molar-refractivity contribution in [3.05, 3.63) is 172 Å². The summed E-state index contributed by atoms with van der Waals surface area (Å²) in [5.74, 6) is 0. The van der Waals surface area contributed by atoms with E-state index < -0.39 is 0 Å². The van der Waals surface area contributed by atoms with Gasteiger partial charge in [0.05, 0.1) is 5.69 Å². The Balaban J connectivity index is 1.16.